The summed E-state index contributed by atoms with van der Waals surface area (Å²) in [6, 6.07) is 16.1. The zero-order valence-electron chi connectivity index (χ0n) is 11.7. The van der Waals surface area contributed by atoms with Crippen LogP contribution in [0.5, 0.6) is 5.75 Å². The van der Waals surface area contributed by atoms with Gasteiger partial charge in [0, 0.05) is 16.2 Å². The van der Waals surface area contributed by atoms with Crippen LogP contribution in [-0.4, -0.2) is 16.4 Å². The Hall–Kier alpha value is -2.07. The second kappa shape index (κ2) is 6.14. The van der Waals surface area contributed by atoms with Crippen LogP contribution < -0.4 is 4.74 Å². The minimum atomic E-state index is 0.675. The number of rotatable bonds is 4. The average molecular weight is 343 g/mol. The van der Waals surface area contributed by atoms with Gasteiger partial charge in [0.2, 0.25) is 0 Å². The molecule has 21 heavy (non-hydrogen) atoms. The lowest BCUT2D eigenvalue weighted by atomic mass is 10.1. The third-order valence-electron chi connectivity index (χ3n) is 3.15. The topological polar surface area (TPSA) is 27.1 Å². The highest BCUT2D eigenvalue weighted by atomic mass is 79.9. The van der Waals surface area contributed by atoms with Gasteiger partial charge in [0.05, 0.1) is 18.5 Å². The lowest BCUT2D eigenvalue weighted by Crippen LogP contribution is -1.95. The van der Waals surface area contributed by atoms with Crippen LogP contribution in [0.25, 0.3) is 16.8 Å². The molecule has 0 spiro atoms. The molecule has 0 radical (unpaired) electrons. The Bertz CT molecular complexity index is 735. The highest BCUT2D eigenvalue weighted by molar-refractivity contribution is 9.10. The van der Waals surface area contributed by atoms with Gasteiger partial charge in [-0.3, -0.25) is 0 Å². The molecule has 0 aliphatic carbocycles. The molecule has 0 aliphatic rings. The van der Waals surface area contributed by atoms with E-state index < -0.39 is 0 Å². The van der Waals surface area contributed by atoms with Crippen molar-refractivity contribution in [1.29, 1.82) is 0 Å². The molecule has 0 aliphatic heterocycles. The fraction of sp³-hybridized carbons (Fsp3) is 0.118. The Morgan fingerprint density at radius 1 is 1.10 bits per heavy atom. The van der Waals surface area contributed by atoms with E-state index >= 15 is 0 Å². The van der Waals surface area contributed by atoms with E-state index in [2.05, 4.69) is 33.2 Å². The molecule has 1 heterocycles. The summed E-state index contributed by atoms with van der Waals surface area (Å²) in [6.07, 6.45) is 3.90. The summed E-state index contributed by atoms with van der Waals surface area (Å²) in [5.74, 6) is 0.876. The van der Waals surface area contributed by atoms with Crippen LogP contribution in [-0.2, 0) is 0 Å². The molecule has 4 heteroatoms. The molecule has 0 saturated heterocycles. The maximum atomic E-state index is 5.45. The van der Waals surface area contributed by atoms with Crippen LogP contribution in [0.3, 0.4) is 0 Å². The zero-order valence-corrected chi connectivity index (χ0v) is 13.2. The van der Waals surface area contributed by atoms with E-state index in [1.165, 1.54) is 0 Å². The summed E-state index contributed by atoms with van der Waals surface area (Å²) in [4.78, 5) is 0. The minimum Gasteiger partial charge on any atom is -0.494 e. The lowest BCUT2D eigenvalue weighted by molar-refractivity contribution is 0.340. The van der Waals surface area contributed by atoms with Gasteiger partial charge in [0.25, 0.3) is 0 Å². The predicted octanol–water partition coefficient (Wildman–Crippen LogP) is 4.70. The smallest absolute Gasteiger partial charge is 0.119 e. The van der Waals surface area contributed by atoms with Gasteiger partial charge in [-0.05, 0) is 48.9 Å². The van der Waals surface area contributed by atoms with Crippen LogP contribution >= 0.6 is 15.9 Å². The molecule has 3 aromatic rings. The molecule has 0 fully saturated rings. The van der Waals surface area contributed by atoms with E-state index in [4.69, 9.17) is 4.74 Å². The van der Waals surface area contributed by atoms with Gasteiger partial charge in [0.1, 0.15) is 5.75 Å². The predicted molar refractivity (Wildman–Crippen MR) is 87.9 cm³/mol. The quantitative estimate of drug-likeness (QED) is 0.687. The largest absolute Gasteiger partial charge is 0.494 e. The summed E-state index contributed by atoms with van der Waals surface area (Å²) in [5.41, 5.74) is 3.24. The van der Waals surface area contributed by atoms with E-state index in [1.807, 2.05) is 60.4 Å². The van der Waals surface area contributed by atoms with Crippen LogP contribution in [0.2, 0.25) is 0 Å². The number of aromatic nitrogens is 2. The number of hydrogen-bond acceptors (Lipinski definition) is 2. The minimum absolute atomic E-state index is 0.675. The van der Waals surface area contributed by atoms with Crippen molar-refractivity contribution in [2.24, 2.45) is 0 Å². The molecule has 2 aromatic carbocycles. The average Bonchev–Trinajstić information content (AvgIpc) is 2.98. The second-order valence-electron chi connectivity index (χ2n) is 4.61. The van der Waals surface area contributed by atoms with Crippen molar-refractivity contribution in [3.05, 3.63) is 65.4 Å². The Labute approximate surface area is 132 Å². The van der Waals surface area contributed by atoms with E-state index in [-0.39, 0.29) is 0 Å². The highest BCUT2D eigenvalue weighted by Gasteiger charge is 2.04. The normalized spacial score (nSPS) is 10.6. The summed E-state index contributed by atoms with van der Waals surface area (Å²) in [7, 11) is 0. The summed E-state index contributed by atoms with van der Waals surface area (Å²) in [5, 5.41) is 4.43. The molecule has 3 rings (SSSR count). The van der Waals surface area contributed by atoms with E-state index in [9.17, 15) is 0 Å². The van der Waals surface area contributed by atoms with Gasteiger partial charge in [-0.25, -0.2) is 4.68 Å². The van der Waals surface area contributed by atoms with Gasteiger partial charge in [-0.2, -0.15) is 5.10 Å². The number of benzene rings is 2. The van der Waals surface area contributed by atoms with E-state index in [0.717, 1.165) is 27.0 Å². The third kappa shape index (κ3) is 3.16. The van der Waals surface area contributed by atoms with Crippen molar-refractivity contribution >= 4 is 15.9 Å². The first-order valence-corrected chi connectivity index (χ1v) is 7.59. The summed E-state index contributed by atoms with van der Waals surface area (Å²) >= 11 is 3.49. The number of halogens is 1. The van der Waals surface area contributed by atoms with Crippen LogP contribution in [0.15, 0.2) is 65.4 Å². The maximum absolute atomic E-state index is 5.45. The van der Waals surface area contributed by atoms with Gasteiger partial charge in [-0.15, -0.1) is 0 Å². The molecule has 0 amide bonds. The summed E-state index contributed by atoms with van der Waals surface area (Å²) in [6.45, 7) is 2.65. The van der Waals surface area contributed by atoms with Crippen molar-refractivity contribution < 1.29 is 4.74 Å². The number of nitrogens with zero attached hydrogens (tertiary/aromatic N) is 2. The van der Waals surface area contributed by atoms with Crippen molar-refractivity contribution in [1.82, 2.24) is 9.78 Å². The first kappa shape index (κ1) is 13.9. The van der Waals surface area contributed by atoms with Crippen molar-refractivity contribution in [3.8, 4) is 22.6 Å². The Morgan fingerprint density at radius 3 is 2.62 bits per heavy atom. The third-order valence-corrected chi connectivity index (χ3v) is 3.65. The van der Waals surface area contributed by atoms with E-state index in [0.29, 0.717) is 6.61 Å². The molecule has 3 nitrogen and oxygen atoms in total. The van der Waals surface area contributed by atoms with Crippen molar-refractivity contribution in [2.45, 2.75) is 6.92 Å². The van der Waals surface area contributed by atoms with Crippen LogP contribution in [0.4, 0.5) is 0 Å². The first-order valence-electron chi connectivity index (χ1n) is 6.80. The SMILES string of the molecule is CCOc1ccc(-n2cc(-c3cccc(Br)c3)cn2)cc1. The van der Waals surface area contributed by atoms with Gasteiger partial charge >= 0.3 is 0 Å². The molecule has 0 N–H and O–H groups in total. The standard InChI is InChI=1S/C17H15BrN2O/c1-2-21-17-8-6-16(7-9-17)20-12-14(11-19-20)13-4-3-5-15(18)10-13/h3-12H,2H2,1H3. The van der Waals surface area contributed by atoms with Crippen LogP contribution in [0.1, 0.15) is 6.92 Å². The van der Waals surface area contributed by atoms with Gasteiger partial charge < -0.3 is 4.74 Å². The number of ether oxygens (including phenoxy) is 1. The van der Waals surface area contributed by atoms with Gasteiger partial charge in [0.15, 0.2) is 0 Å². The fourth-order valence-corrected chi connectivity index (χ4v) is 2.54. The molecule has 0 saturated carbocycles. The number of hydrogen-bond donors (Lipinski definition) is 0. The van der Waals surface area contributed by atoms with E-state index in [1.54, 1.807) is 0 Å². The first-order chi connectivity index (χ1) is 10.3. The highest BCUT2D eigenvalue weighted by Crippen LogP contribution is 2.24. The Balaban J connectivity index is 1.87. The maximum Gasteiger partial charge on any atom is 0.119 e. The molecule has 0 atom stereocenters. The van der Waals surface area contributed by atoms with Crippen molar-refractivity contribution in [2.75, 3.05) is 6.61 Å². The Kier molecular flexibility index (Phi) is 4.06. The molecule has 1 aromatic heterocycles. The summed E-state index contributed by atoms with van der Waals surface area (Å²) < 4.78 is 8.38. The van der Waals surface area contributed by atoms with Crippen LogP contribution in [0, 0.1) is 0 Å². The van der Waals surface area contributed by atoms with Crippen molar-refractivity contribution in [3.63, 3.8) is 0 Å². The van der Waals surface area contributed by atoms with Gasteiger partial charge in [-0.1, -0.05) is 28.1 Å². The zero-order chi connectivity index (χ0) is 14.7. The molecular formula is C17H15BrN2O. The monoisotopic (exact) mass is 342 g/mol. The lowest BCUT2D eigenvalue weighted by Gasteiger charge is -2.04. The molecule has 0 bridgehead atoms. The Morgan fingerprint density at radius 2 is 1.90 bits per heavy atom. The molecule has 0 unspecified atom stereocenters. The fourth-order valence-electron chi connectivity index (χ4n) is 2.14. The molecular weight excluding hydrogens is 328 g/mol. The molecule has 106 valence electrons. The second-order valence-corrected chi connectivity index (χ2v) is 5.53.